The second kappa shape index (κ2) is 10.5. The number of hydrogen-bond donors (Lipinski definition) is 1. The second-order valence-electron chi connectivity index (χ2n) is 3.73. The quantitative estimate of drug-likeness (QED) is 0.777. The van der Waals surface area contributed by atoms with E-state index in [0.29, 0.717) is 0 Å². The van der Waals surface area contributed by atoms with Gasteiger partial charge in [-0.2, -0.15) is 0 Å². The van der Waals surface area contributed by atoms with Crippen molar-refractivity contribution in [2.45, 2.75) is 13.3 Å². The molecule has 0 radical (unpaired) electrons. The zero-order chi connectivity index (χ0) is 12.2. The molecule has 0 aromatic heterocycles. The molecule has 0 fully saturated rings. The maximum atomic E-state index is 5.53. The molecule has 0 aliphatic rings. The molecule has 3 nitrogen and oxygen atoms in total. The summed E-state index contributed by atoms with van der Waals surface area (Å²) in [6.45, 7) is 4.52. The Morgan fingerprint density at radius 1 is 1.19 bits per heavy atom. The van der Waals surface area contributed by atoms with E-state index in [0.717, 1.165) is 31.9 Å². The fraction of sp³-hybridized carbons (Fsp3) is 0.538. The van der Waals surface area contributed by atoms with Crippen LogP contribution in [-0.4, -0.2) is 38.7 Å². The van der Waals surface area contributed by atoms with Crippen LogP contribution in [0.2, 0.25) is 0 Å². The SMILES string of the molecule is CCN.CN(C)CCCOc1ccccc1. The summed E-state index contributed by atoms with van der Waals surface area (Å²) in [6, 6.07) is 9.93. The number of rotatable bonds is 5. The second-order valence-corrected chi connectivity index (χ2v) is 3.73. The number of hydrogen-bond acceptors (Lipinski definition) is 3. The van der Waals surface area contributed by atoms with Crippen LogP contribution in [0, 0.1) is 0 Å². The molecule has 92 valence electrons. The summed E-state index contributed by atoms with van der Waals surface area (Å²) >= 11 is 0. The molecule has 0 aliphatic heterocycles. The van der Waals surface area contributed by atoms with Crippen LogP contribution in [0.4, 0.5) is 0 Å². The maximum Gasteiger partial charge on any atom is 0.119 e. The van der Waals surface area contributed by atoms with E-state index < -0.39 is 0 Å². The molecule has 0 atom stereocenters. The first-order valence-corrected chi connectivity index (χ1v) is 5.73. The Morgan fingerprint density at radius 3 is 2.25 bits per heavy atom. The Labute approximate surface area is 99.2 Å². The molecule has 1 aromatic carbocycles. The Morgan fingerprint density at radius 2 is 1.75 bits per heavy atom. The van der Waals surface area contributed by atoms with E-state index in [-0.39, 0.29) is 0 Å². The topological polar surface area (TPSA) is 38.5 Å². The van der Waals surface area contributed by atoms with Crippen molar-refractivity contribution in [2.24, 2.45) is 5.73 Å². The lowest BCUT2D eigenvalue weighted by molar-refractivity contribution is 0.281. The van der Waals surface area contributed by atoms with E-state index in [9.17, 15) is 0 Å². The summed E-state index contributed by atoms with van der Waals surface area (Å²) in [5.41, 5.74) is 4.85. The molecule has 0 heterocycles. The van der Waals surface area contributed by atoms with Crippen molar-refractivity contribution in [1.29, 1.82) is 0 Å². The molecular weight excluding hydrogens is 200 g/mol. The molecule has 3 heteroatoms. The van der Waals surface area contributed by atoms with E-state index in [1.54, 1.807) is 0 Å². The van der Waals surface area contributed by atoms with Crippen LogP contribution in [0.3, 0.4) is 0 Å². The van der Waals surface area contributed by atoms with E-state index in [1.165, 1.54) is 0 Å². The van der Waals surface area contributed by atoms with Gasteiger partial charge in [-0.15, -0.1) is 0 Å². The summed E-state index contributed by atoms with van der Waals surface area (Å²) < 4.78 is 5.53. The van der Waals surface area contributed by atoms with Gasteiger partial charge in [0, 0.05) is 6.54 Å². The molecule has 1 rings (SSSR count). The summed E-state index contributed by atoms with van der Waals surface area (Å²) in [5.74, 6) is 0.959. The van der Waals surface area contributed by atoms with Crippen LogP contribution in [0.25, 0.3) is 0 Å². The van der Waals surface area contributed by atoms with Gasteiger partial charge in [0.1, 0.15) is 5.75 Å². The van der Waals surface area contributed by atoms with Crippen molar-refractivity contribution in [3.63, 3.8) is 0 Å². The minimum atomic E-state index is 0.750. The van der Waals surface area contributed by atoms with Gasteiger partial charge in [-0.3, -0.25) is 0 Å². The van der Waals surface area contributed by atoms with Gasteiger partial charge >= 0.3 is 0 Å². The first kappa shape index (κ1) is 14.9. The van der Waals surface area contributed by atoms with Gasteiger partial charge in [0.2, 0.25) is 0 Å². The zero-order valence-corrected chi connectivity index (χ0v) is 10.6. The first-order chi connectivity index (χ1) is 7.70. The van der Waals surface area contributed by atoms with Gasteiger partial charge in [-0.05, 0) is 39.2 Å². The van der Waals surface area contributed by atoms with Crippen molar-refractivity contribution in [3.8, 4) is 5.75 Å². The largest absolute Gasteiger partial charge is 0.494 e. The Balaban J connectivity index is 0.000000673. The highest BCUT2D eigenvalue weighted by molar-refractivity contribution is 5.20. The van der Waals surface area contributed by atoms with E-state index in [1.807, 2.05) is 37.3 Å². The van der Waals surface area contributed by atoms with E-state index >= 15 is 0 Å². The van der Waals surface area contributed by atoms with Gasteiger partial charge in [0.25, 0.3) is 0 Å². The average Bonchev–Trinajstić information content (AvgIpc) is 2.27. The first-order valence-electron chi connectivity index (χ1n) is 5.73. The summed E-state index contributed by atoms with van der Waals surface area (Å²) in [7, 11) is 4.14. The van der Waals surface area contributed by atoms with Gasteiger partial charge in [0.15, 0.2) is 0 Å². The summed E-state index contributed by atoms with van der Waals surface area (Å²) in [6.07, 6.45) is 1.07. The van der Waals surface area contributed by atoms with Crippen LogP contribution < -0.4 is 10.5 Å². The highest BCUT2D eigenvalue weighted by Crippen LogP contribution is 2.08. The predicted molar refractivity (Wildman–Crippen MR) is 69.8 cm³/mol. The highest BCUT2D eigenvalue weighted by atomic mass is 16.5. The molecule has 0 bridgehead atoms. The molecule has 0 unspecified atom stereocenters. The maximum absolute atomic E-state index is 5.53. The van der Waals surface area contributed by atoms with Crippen LogP contribution >= 0.6 is 0 Å². The number of ether oxygens (including phenoxy) is 1. The smallest absolute Gasteiger partial charge is 0.119 e. The zero-order valence-electron chi connectivity index (χ0n) is 10.6. The molecule has 2 N–H and O–H groups in total. The minimum Gasteiger partial charge on any atom is -0.494 e. The fourth-order valence-corrected chi connectivity index (χ4v) is 1.09. The Bertz CT molecular complexity index is 237. The summed E-state index contributed by atoms with van der Waals surface area (Å²) in [5, 5.41) is 0. The van der Waals surface area contributed by atoms with Crippen LogP contribution in [0.1, 0.15) is 13.3 Å². The lowest BCUT2D eigenvalue weighted by atomic mass is 10.3. The predicted octanol–water partition coefficient (Wildman–Crippen LogP) is 1.98. The summed E-state index contributed by atoms with van der Waals surface area (Å²) in [4.78, 5) is 2.16. The van der Waals surface area contributed by atoms with E-state index in [2.05, 4.69) is 19.0 Å². The third-order valence-corrected chi connectivity index (χ3v) is 1.76. The Kier molecular flexibility index (Phi) is 9.76. The van der Waals surface area contributed by atoms with Crippen LogP contribution in [-0.2, 0) is 0 Å². The van der Waals surface area contributed by atoms with Crippen molar-refractivity contribution >= 4 is 0 Å². The van der Waals surface area contributed by atoms with Crippen molar-refractivity contribution in [2.75, 3.05) is 33.8 Å². The monoisotopic (exact) mass is 224 g/mol. The van der Waals surface area contributed by atoms with Crippen molar-refractivity contribution < 1.29 is 4.74 Å². The molecular formula is C13H24N2O. The molecule has 0 spiro atoms. The van der Waals surface area contributed by atoms with Crippen LogP contribution in [0.15, 0.2) is 30.3 Å². The Hall–Kier alpha value is -1.06. The molecule has 0 aliphatic carbocycles. The van der Waals surface area contributed by atoms with Crippen LogP contribution in [0.5, 0.6) is 5.75 Å². The highest BCUT2D eigenvalue weighted by Gasteiger charge is 1.92. The third-order valence-electron chi connectivity index (χ3n) is 1.76. The average molecular weight is 224 g/mol. The van der Waals surface area contributed by atoms with Gasteiger partial charge in [0.05, 0.1) is 6.61 Å². The molecule has 0 saturated heterocycles. The number of benzene rings is 1. The van der Waals surface area contributed by atoms with Crippen molar-refractivity contribution in [3.05, 3.63) is 30.3 Å². The molecule has 0 amide bonds. The normalized spacial score (nSPS) is 9.56. The molecule has 1 aromatic rings. The third kappa shape index (κ3) is 9.49. The van der Waals surface area contributed by atoms with Gasteiger partial charge in [-0.1, -0.05) is 25.1 Å². The molecule has 0 saturated carbocycles. The number of nitrogens with two attached hydrogens (primary N) is 1. The lowest BCUT2D eigenvalue weighted by Gasteiger charge is -2.09. The van der Waals surface area contributed by atoms with Crippen molar-refractivity contribution in [1.82, 2.24) is 4.90 Å². The van der Waals surface area contributed by atoms with E-state index in [4.69, 9.17) is 10.5 Å². The minimum absolute atomic E-state index is 0.750. The number of para-hydroxylation sites is 1. The van der Waals surface area contributed by atoms with Gasteiger partial charge in [-0.25, -0.2) is 0 Å². The standard InChI is InChI=1S/C11H17NO.C2H7N/c1-12(2)9-6-10-13-11-7-4-3-5-8-11;1-2-3/h3-5,7-8H,6,9-10H2,1-2H3;2-3H2,1H3. The molecule has 16 heavy (non-hydrogen) atoms. The van der Waals surface area contributed by atoms with Gasteiger partial charge < -0.3 is 15.4 Å². The lowest BCUT2D eigenvalue weighted by Crippen LogP contribution is -2.15. The number of nitrogens with zero attached hydrogens (tertiary/aromatic N) is 1. The fourth-order valence-electron chi connectivity index (χ4n) is 1.09.